The normalized spacial score (nSPS) is 11.5. The van der Waals surface area contributed by atoms with Crippen molar-refractivity contribution in [3.05, 3.63) is 0 Å². The van der Waals surface area contributed by atoms with Gasteiger partial charge in [-0.15, -0.1) is 0 Å². The minimum absolute atomic E-state index is 1.05. The van der Waals surface area contributed by atoms with Gasteiger partial charge in [-0.2, -0.15) is 0 Å². The van der Waals surface area contributed by atoms with Crippen molar-refractivity contribution in [2.75, 3.05) is 20.6 Å². The third-order valence-electron chi connectivity index (χ3n) is 0.749. The van der Waals surface area contributed by atoms with E-state index < -0.39 is 0 Å². The fourth-order valence-corrected chi connectivity index (χ4v) is 0.643. The van der Waals surface area contributed by atoms with Gasteiger partial charge in [-0.3, -0.25) is 3.11 Å². The molecule has 0 aliphatic heterocycles. The van der Waals surface area contributed by atoms with E-state index in [1.807, 2.05) is 13.3 Å². The van der Waals surface area contributed by atoms with Crippen molar-refractivity contribution in [1.82, 2.24) is 3.11 Å². The Labute approximate surface area is 64.5 Å². The van der Waals surface area contributed by atoms with Crippen LogP contribution in [0.1, 0.15) is 6.42 Å². The standard InChI is InChI=1S/C5H11IN2/c1-7-4-3-5-8(2)6/h4H,3,5H2,1-2H3. The minimum atomic E-state index is 1.05. The molecule has 0 aromatic heterocycles. The summed E-state index contributed by atoms with van der Waals surface area (Å²) in [6.45, 7) is 1.08. The lowest BCUT2D eigenvalue weighted by Crippen LogP contribution is -2.05. The fraction of sp³-hybridized carbons (Fsp3) is 0.800. The van der Waals surface area contributed by atoms with E-state index in [0.29, 0.717) is 0 Å². The molecule has 0 saturated heterocycles. The Morgan fingerprint density at radius 3 is 2.75 bits per heavy atom. The van der Waals surface area contributed by atoms with Crippen LogP contribution in [0.5, 0.6) is 0 Å². The molecule has 0 aliphatic carbocycles. The van der Waals surface area contributed by atoms with E-state index in [1.165, 1.54) is 0 Å². The molecule has 2 nitrogen and oxygen atoms in total. The summed E-state index contributed by atoms with van der Waals surface area (Å²) in [5.41, 5.74) is 0. The Kier molecular flexibility index (Phi) is 5.74. The number of rotatable bonds is 3. The van der Waals surface area contributed by atoms with E-state index >= 15 is 0 Å². The first-order valence-electron chi connectivity index (χ1n) is 2.55. The molecule has 8 heavy (non-hydrogen) atoms. The average Bonchev–Trinajstić information content (AvgIpc) is 1.66. The molecular formula is C5H11IN2. The SMILES string of the molecule is CN=CCCN(C)I. The van der Waals surface area contributed by atoms with Crippen LogP contribution in [0.4, 0.5) is 0 Å². The van der Waals surface area contributed by atoms with Crippen molar-refractivity contribution in [2.45, 2.75) is 6.42 Å². The summed E-state index contributed by atoms with van der Waals surface area (Å²) < 4.78 is 2.11. The third kappa shape index (κ3) is 6.36. The van der Waals surface area contributed by atoms with Crippen molar-refractivity contribution in [3.8, 4) is 0 Å². The van der Waals surface area contributed by atoms with Crippen molar-refractivity contribution in [3.63, 3.8) is 0 Å². The van der Waals surface area contributed by atoms with Gasteiger partial charge in [0.2, 0.25) is 0 Å². The van der Waals surface area contributed by atoms with E-state index in [4.69, 9.17) is 0 Å². The summed E-state index contributed by atoms with van der Waals surface area (Å²) in [5, 5.41) is 0. The highest BCUT2D eigenvalue weighted by Crippen LogP contribution is 1.91. The largest absolute Gasteiger partial charge is 0.301 e. The summed E-state index contributed by atoms with van der Waals surface area (Å²) in [7, 11) is 3.84. The highest BCUT2D eigenvalue weighted by Gasteiger charge is 1.85. The highest BCUT2D eigenvalue weighted by molar-refractivity contribution is 14.1. The van der Waals surface area contributed by atoms with E-state index in [2.05, 4.69) is 31.0 Å². The molecule has 48 valence electrons. The summed E-state index contributed by atoms with van der Waals surface area (Å²) in [6.07, 6.45) is 2.98. The van der Waals surface area contributed by atoms with Gasteiger partial charge >= 0.3 is 0 Å². The second kappa shape index (κ2) is 5.50. The second-order valence-corrected chi connectivity index (χ2v) is 3.20. The van der Waals surface area contributed by atoms with Crippen LogP contribution in [0.2, 0.25) is 0 Å². The van der Waals surface area contributed by atoms with E-state index in [1.54, 1.807) is 7.05 Å². The molecule has 0 bridgehead atoms. The van der Waals surface area contributed by atoms with Gasteiger partial charge in [0, 0.05) is 36.5 Å². The van der Waals surface area contributed by atoms with Crippen molar-refractivity contribution < 1.29 is 0 Å². The molecule has 0 fully saturated rings. The first-order valence-corrected chi connectivity index (χ1v) is 3.51. The van der Waals surface area contributed by atoms with Crippen LogP contribution >= 0.6 is 22.9 Å². The Balaban J connectivity index is 2.93. The van der Waals surface area contributed by atoms with Gasteiger partial charge in [-0.05, 0) is 19.7 Å². The average molecular weight is 226 g/mol. The minimum Gasteiger partial charge on any atom is -0.301 e. The molecule has 0 radical (unpaired) electrons. The van der Waals surface area contributed by atoms with Crippen molar-refractivity contribution in [1.29, 1.82) is 0 Å². The molecular weight excluding hydrogens is 215 g/mol. The zero-order valence-electron chi connectivity index (χ0n) is 5.26. The first kappa shape index (κ1) is 8.36. The Bertz CT molecular complexity index is 70.8. The maximum absolute atomic E-state index is 3.85. The van der Waals surface area contributed by atoms with Gasteiger partial charge in [-0.25, -0.2) is 0 Å². The monoisotopic (exact) mass is 226 g/mol. The summed E-state index contributed by atoms with van der Waals surface area (Å²) in [4.78, 5) is 3.85. The number of halogens is 1. The van der Waals surface area contributed by atoms with Crippen molar-refractivity contribution in [2.24, 2.45) is 4.99 Å². The number of hydrogen-bond acceptors (Lipinski definition) is 2. The van der Waals surface area contributed by atoms with E-state index in [0.717, 1.165) is 13.0 Å². The molecule has 0 N–H and O–H groups in total. The first-order chi connectivity index (χ1) is 3.77. The zero-order valence-corrected chi connectivity index (χ0v) is 7.42. The Morgan fingerprint density at radius 1 is 1.75 bits per heavy atom. The van der Waals surface area contributed by atoms with Crippen LogP contribution in [0.3, 0.4) is 0 Å². The predicted octanol–water partition coefficient (Wildman–Crippen LogP) is 1.36. The Hall–Kier alpha value is 0.360. The topological polar surface area (TPSA) is 15.6 Å². The maximum Gasteiger partial charge on any atom is 0.0273 e. The molecule has 0 amide bonds. The lowest BCUT2D eigenvalue weighted by Gasteiger charge is -2.01. The quantitative estimate of drug-likeness (QED) is 0.403. The van der Waals surface area contributed by atoms with Crippen LogP contribution in [0, 0.1) is 0 Å². The van der Waals surface area contributed by atoms with Gasteiger partial charge in [0.15, 0.2) is 0 Å². The molecule has 0 rings (SSSR count). The van der Waals surface area contributed by atoms with Crippen LogP contribution in [0.25, 0.3) is 0 Å². The van der Waals surface area contributed by atoms with E-state index in [-0.39, 0.29) is 0 Å². The highest BCUT2D eigenvalue weighted by atomic mass is 127. The lowest BCUT2D eigenvalue weighted by molar-refractivity contribution is 0.630. The molecule has 0 saturated carbocycles. The summed E-state index contributed by atoms with van der Waals surface area (Å²) in [5.74, 6) is 0. The van der Waals surface area contributed by atoms with E-state index in [9.17, 15) is 0 Å². The molecule has 0 unspecified atom stereocenters. The molecule has 0 spiro atoms. The predicted molar refractivity (Wildman–Crippen MR) is 45.7 cm³/mol. The second-order valence-electron chi connectivity index (χ2n) is 1.56. The molecule has 3 heteroatoms. The van der Waals surface area contributed by atoms with Gasteiger partial charge in [0.1, 0.15) is 0 Å². The van der Waals surface area contributed by atoms with Crippen LogP contribution in [-0.2, 0) is 0 Å². The summed E-state index contributed by atoms with van der Waals surface area (Å²) in [6, 6.07) is 0. The fourth-order valence-electron chi connectivity index (χ4n) is 0.365. The van der Waals surface area contributed by atoms with Gasteiger partial charge in [-0.1, -0.05) is 0 Å². The Morgan fingerprint density at radius 2 is 2.38 bits per heavy atom. The van der Waals surface area contributed by atoms with Gasteiger partial charge < -0.3 is 4.99 Å². The molecule has 0 aromatic rings. The molecule has 0 aliphatic rings. The van der Waals surface area contributed by atoms with Crippen LogP contribution in [-0.4, -0.2) is 30.0 Å². The smallest absolute Gasteiger partial charge is 0.0273 e. The third-order valence-corrected chi connectivity index (χ3v) is 1.23. The number of hydrogen-bond donors (Lipinski definition) is 0. The zero-order chi connectivity index (χ0) is 6.41. The lowest BCUT2D eigenvalue weighted by atomic mass is 10.5. The van der Waals surface area contributed by atoms with Crippen LogP contribution < -0.4 is 0 Å². The van der Waals surface area contributed by atoms with Gasteiger partial charge in [0.05, 0.1) is 0 Å². The van der Waals surface area contributed by atoms with Crippen LogP contribution in [0.15, 0.2) is 4.99 Å². The molecule has 0 atom stereocenters. The molecule has 0 heterocycles. The maximum atomic E-state index is 3.85. The van der Waals surface area contributed by atoms with Crippen molar-refractivity contribution >= 4 is 29.1 Å². The number of aliphatic imine (C=N–C) groups is 1. The van der Waals surface area contributed by atoms with Gasteiger partial charge in [0.25, 0.3) is 0 Å². The molecule has 0 aromatic carbocycles. The number of nitrogens with zero attached hydrogens (tertiary/aromatic N) is 2. The summed E-state index contributed by atoms with van der Waals surface area (Å²) >= 11 is 2.25.